The lowest BCUT2D eigenvalue weighted by Gasteiger charge is -2.38. The normalized spacial score (nSPS) is 16.6. The molecule has 3 aromatic rings. The second-order valence-electron chi connectivity index (χ2n) is 10.1. The van der Waals surface area contributed by atoms with Gasteiger partial charge in [0, 0.05) is 35.6 Å². The van der Waals surface area contributed by atoms with E-state index in [1.54, 1.807) is 11.0 Å². The Bertz CT molecular complexity index is 1690. The molecule has 2 aliphatic heterocycles. The summed E-state index contributed by atoms with van der Waals surface area (Å²) in [6, 6.07) is 13.8. The summed E-state index contributed by atoms with van der Waals surface area (Å²) < 4.78 is 84.1. The van der Waals surface area contributed by atoms with Gasteiger partial charge in [-0.3, -0.25) is 9.69 Å². The summed E-state index contributed by atoms with van der Waals surface area (Å²) in [5, 5.41) is 3.28. The van der Waals surface area contributed by atoms with Crippen LogP contribution in [0.2, 0.25) is 10.0 Å². The molecule has 2 aliphatic rings. The molecule has 2 heterocycles. The summed E-state index contributed by atoms with van der Waals surface area (Å²) in [6.45, 7) is 0.925. The molecule has 1 N–H and O–H groups in total. The first-order valence-corrected chi connectivity index (χ1v) is 14.0. The highest BCUT2D eigenvalue weighted by atomic mass is 35.5. The maximum Gasteiger partial charge on any atom is 0.336 e. The SMILES string of the molecule is CC1=C(C(=O)OCCOc2cccc(Cl)c2Cl)C(c2c(F)c(F)c(F)c(F)c2F)C2=C(CN(Cc3ccccc3)CC2=O)N1.Cl. The summed E-state index contributed by atoms with van der Waals surface area (Å²) >= 11 is 12.0. The molecule has 6 nitrogen and oxygen atoms in total. The number of nitrogens with one attached hydrogen (secondary N) is 1. The fourth-order valence-corrected chi connectivity index (χ4v) is 5.61. The van der Waals surface area contributed by atoms with Gasteiger partial charge in [-0.1, -0.05) is 59.6 Å². The van der Waals surface area contributed by atoms with E-state index < -0.39 is 64.5 Å². The number of esters is 1. The number of dihydropyridines is 1. The summed E-state index contributed by atoms with van der Waals surface area (Å²) in [4.78, 5) is 28.7. The van der Waals surface area contributed by atoms with Crippen LogP contribution in [0.25, 0.3) is 0 Å². The number of benzene rings is 3. The summed E-state index contributed by atoms with van der Waals surface area (Å²) in [5.74, 6) is -14.6. The lowest BCUT2D eigenvalue weighted by atomic mass is 9.76. The van der Waals surface area contributed by atoms with Crippen molar-refractivity contribution in [1.82, 2.24) is 10.2 Å². The zero-order valence-electron chi connectivity index (χ0n) is 23.4. The molecule has 3 aromatic carbocycles. The van der Waals surface area contributed by atoms with Gasteiger partial charge in [0.1, 0.15) is 24.0 Å². The van der Waals surface area contributed by atoms with Crippen LogP contribution in [0, 0.1) is 29.1 Å². The van der Waals surface area contributed by atoms with Crippen LogP contribution in [0.15, 0.2) is 71.1 Å². The highest BCUT2D eigenvalue weighted by Gasteiger charge is 2.45. The molecule has 5 rings (SSSR count). The summed E-state index contributed by atoms with van der Waals surface area (Å²) in [7, 11) is 0. The monoisotopic (exact) mass is 688 g/mol. The van der Waals surface area contributed by atoms with E-state index in [4.69, 9.17) is 32.7 Å². The Morgan fingerprint density at radius 2 is 1.56 bits per heavy atom. The Morgan fingerprint density at radius 3 is 2.22 bits per heavy atom. The van der Waals surface area contributed by atoms with Crippen molar-refractivity contribution in [2.75, 3.05) is 26.3 Å². The molecule has 0 saturated carbocycles. The molecular weight excluding hydrogens is 666 g/mol. The number of halogens is 8. The van der Waals surface area contributed by atoms with Crippen molar-refractivity contribution in [2.24, 2.45) is 0 Å². The van der Waals surface area contributed by atoms with Crippen LogP contribution in [0.1, 0.15) is 24.0 Å². The average Bonchev–Trinajstić information content (AvgIpc) is 2.99. The quantitative estimate of drug-likeness (QED) is 0.0901. The standard InChI is InChI=1S/C31H23Cl2F5N2O4.ClH/c1-15-21(31(42)44-11-10-43-20-9-5-8-17(32)25(20)33)23(24-26(34)28(36)30(38)29(37)27(24)35)22-18(39-15)13-40(14-19(22)41)12-16-6-3-2-4-7-16;/h2-9,23,39H,10-14H2,1H3;1H. The van der Waals surface area contributed by atoms with Gasteiger partial charge in [-0.2, -0.15) is 0 Å². The lowest BCUT2D eigenvalue weighted by Crippen LogP contribution is -2.45. The Labute approximate surface area is 270 Å². The predicted molar refractivity (Wildman–Crippen MR) is 159 cm³/mol. The van der Waals surface area contributed by atoms with E-state index in [1.807, 2.05) is 30.3 Å². The molecule has 0 fully saturated rings. The van der Waals surface area contributed by atoms with Crippen molar-refractivity contribution in [3.05, 3.63) is 121 Å². The lowest BCUT2D eigenvalue weighted by molar-refractivity contribution is -0.140. The Kier molecular flexibility index (Phi) is 10.8. The molecule has 1 unspecified atom stereocenters. The molecule has 0 radical (unpaired) electrons. The second-order valence-corrected chi connectivity index (χ2v) is 10.8. The number of ketones is 1. The summed E-state index contributed by atoms with van der Waals surface area (Å²) in [6.07, 6.45) is 0. The van der Waals surface area contributed by atoms with Gasteiger partial charge in [-0.05, 0) is 24.6 Å². The minimum atomic E-state index is -2.36. The number of Topliss-reactive ketones (excluding diaryl/α,β-unsaturated/α-hetero) is 1. The van der Waals surface area contributed by atoms with E-state index in [1.165, 1.54) is 19.1 Å². The molecule has 0 amide bonds. The topological polar surface area (TPSA) is 67.9 Å². The van der Waals surface area contributed by atoms with Crippen LogP contribution in [0.5, 0.6) is 5.75 Å². The third-order valence-corrected chi connectivity index (χ3v) is 7.99. The maximum atomic E-state index is 15.3. The van der Waals surface area contributed by atoms with Crippen LogP contribution in [-0.2, 0) is 20.9 Å². The Balaban J connectivity index is 0.00000461. The average molecular weight is 690 g/mol. The van der Waals surface area contributed by atoms with E-state index >= 15 is 8.78 Å². The van der Waals surface area contributed by atoms with Crippen molar-refractivity contribution in [3.8, 4) is 5.75 Å². The molecule has 0 saturated heterocycles. The van der Waals surface area contributed by atoms with Crippen LogP contribution in [-0.4, -0.2) is 43.0 Å². The van der Waals surface area contributed by atoms with Crippen molar-refractivity contribution in [3.63, 3.8) is 0 Å². The molecule has 0 bridgehead atoms. The number of allylic oxidation sites excluding steroid dienone is 1. The minimum absolute atomic E-state index is 0. The number of hydrogen-bond donors (Lipinski definition) is 1. The fourth-order valence-electron chi connectivity index (χ4n) is 5.27. The van der Waals surface area contributed by atoms with Gasteiger partial charge >= 0.3 is 5.97 Å². The predicted octanol–water partition coefficient (Wildman–Crippen LogP) is 7.03. The number of nitrogens with zero attached hydrogens (tertiary/aromatic N) is 1. The third kappa shape index (κ3) is 6.81. The van der Waals surface area contributed by atoms with Crippen LogP contribution >= 0.6 is 35.6 Å². The third-order valence-electron chi connectivity index (χ3n) is 7.19. The zero-order valence-corrected chi connectivity index (χ0v) is 25.7. The molecule has 238 valence electrons. The second kappa shape index (κ2) is 14.2. The number of hydrogen-bond acceptors (Lipinski definition) is 6. The van der Waals surface area contributed by atoms with E-state index in [0.29, 0.717) is 6.54 Å². The smallest absolute Gasteiger partial charge is 0.336 e. The highest BCUT2D eigenvalue weighted by Crippen LogP contribution is 2.44. The van der Waals surface area contributed by atoms with E-state index in [9.17, 15) is 22.8 Å². The summed E-state index contributed by atoms with van der Waals surface area (Å²) in [5.41, 5.74) is -1.05. The van der Waals surface area contributed by atoms with Crippen LogP contribution in [0.4, 0.5) is 22.0 Å². The van der Waals surface area contributed by atoms with Crippen molar-refractivity contribution < 1.29 is 41.0 Å². The van der Waals surface area contributed by atoms with Crippen molar-refractivity contribution >= 4 is 47.4 Å². The Hall–Kier alpha value is -3.64. The fraction of sp³-hybridized carbons (Fsp3) is 0.226. The molecule has 1 atom stereocenters. The van der Waals surface area contributed by atoms with Gasteiger partial charge in [0.05, 0.1) is 23.1 Å². The van der Waals surface area contributed by atoms with Gasteiger partial charge in [0.2, 0.25) is 5.82 Å². The van der Waals surface area contributed by atoms with Gasteiger partial charge in [-0.15, -0.1) is 12.4 Å². The molecule has 0 aromatic heterocycles. The minimum Gasteiger partial charge on any atom is -0.488 e. The van der Waals surface area contributed by atoms with E-state index in [0.717, 1.165) is 5.56 Å². The van der Waals surface area contributed by atoms with Crippen LogP contribution in [0.3, 0.4) is 0 Å². The van der Waals surface area contributed by atoms with E-state index in [2.05, 4.69) is 5.32 Å². The number of carbonyl (C=O) groups is 2. The zero-order chi connectivity index (χ0) is 31.7. The van der Waals surface area contributed by atoms with Crippen molar-refractivity contribution in [2.45, 2.75) is 19.4 Å². The maximum absolute atomic E-state index is 15.3. The van der Waals surface area contributed by atoms with Crippen LogP contribution < -0.4 is 10.1 Å². The largest absolute Gasteiger partial charge is 0.488 e. The molecule has 45 heavy (non-hydrogen) atoms. The molecule has 0 spiro atoms. The molecular formula is C31H24Cl3F5N2O4. The molecule has 0 aliphatic carbocycles. The highest BCUT2D eigenvalue weighted by molar-refractivity contribution is 6.42. The number of carbonyl (C=O) groups excluding carboxylic acids is 2. The Morgan fingerprint density at radius 1 is 0.911 bits per heavy atom. The van der Waals surface area contributed by atoms with Gasteiger partial charge in [-0.25, -0.2) is 26.7 Å². The number of ether oxygens (including phenoxy) is 2. The van der Waals surface area contributed by atoms with E-state index in [-0.39, 0.29) is 64.9 Å². The first-order chi connectivity index (χ1) is 21.0. The first-order valence-electron chi connectivity index (χ1n) is 13.2. The first kappa shape index (κ1) is 34.2. The van der Waals surface area contributed by atoms with Crippen molar-refractivity contribution in [1.29, 1.82) is 0 Å². The number of rotatable bonds is 8. The van der Waals surface area contributed by atoms with Gasteiger partial charge in [0.25, 0.3) is 0 Å². The molecule has 14 heteroatoms. The van der Waals surface area contributed by atoms with Gasteiger partial charge in [0.15, 0.2) is 29.1 Å². The van der Waals surface area contributed by atoms with Gasteiger partial charge < -0.3 is 14.8 Å².